The van der Waals surface area contributed by atoms with Crippen LogP contribution in [-0.4, -0.2) is 15.6 Å². The SMILES string of the molecule is CCn1c(C(=O)O)c(N)ccc1=O. The second kappa shape index (κ2) is 3.30. The van der Waals surface area contributed by atoms with Crippen LogP contribution in [0.5, 0.6) is 0 Å². The zero-order chi connectivity index (χ0) is 10.0. The molecule has 0 atom stereocenters. The summed E-state index contributed by atoms with van der Waals surface area (Å²) in [6, 6.07) is 2.56. The second-order valence-electron chi connectivity index (χ2n) is 2.52. The van der Waals surface area contributed by atoms with Crippen molar-refractivity contribution in [1.82, 2.24) is 4.57 Å². The first-order chi connectivity index (χ1) is 6.07. The lowest BCUT2D eigenvalue weighted by atomic mass is 10.3. The lowest BCUT2D eigenvalue weighted by Crippen LogP contribution is -2.25. The molecule has 0 saturated carbocycles. The molecule has 5 heteroatoms. The Morgan fingerprint density at radius 3 is 2.62 bits per heavy atom. The van der Waals surface area contributed by atoms with Gasteiger partial charge < -0.3 is 15.4 Å². The number of nitrogens with zero attached hydrogens (tertiary/aromatic N) is 1. The Bertz CT molecular complexity index is 395. The number of carbonyl (C=O) groups is 1. The summed E-state index contributed by atoms with van der Waals surface area (Å²) in [5, 5.41) is 8.76. The molecule has 0 aliphatic heterocycles. The molecule has 0 amide bonds. The molecule has 0 fully saturated rings. The number of hydrogen-bond acceptors (Lipinski definition) is 3. The van der Waals surface area contributed by atoms with Crippen LogP contribution in [0, 0.1) is 0 Å². The minimum atomic E-state index is -1.18. The molecule has 70 valence electrons. The van der Waals surface area contributed by atoms with Crippen LogP contribution in [0.4, 0.5) is 5.69 Å². The summed E-state index contributed by atoms with van der Waals surface area (Å²) in [7, 11) is 0. The number of hydrogen-bond donors (Lipinski definition) is 2. The maximum atomic E-state index is 11.2. The molecule has 0 aromatic carbocycles. The van der Waals surface area contributed by atoms with E-state index in [0.29, 0.717) is 6.54 Å². The van der Waals surface area contributed by atoms with Crippen molar-refractivity contribution >= 4 is 11.7 Å². The van der Waals surface area contributed by atoms with Gasteiger partial charge in [0.05, 0.1) is 5.69 Å². The number of nitrogen functional groups attached to an aromatic ring is 1. The zero-order valence-corrected chi connectivity index (χ0v) is 7.15. The van der Waals surface area contributed by atoms with Crippen molar-refractivity contribution in [2.75, 3.05) is 5.73 Å². The van der Waals surface area contributed by atoms with Crippen LogP contribution in [0.1, 0.15) is 17.4 Å². The first kappa shape index (κ1) is 9.31. The normalized spacial score (nSPS) is 9.92. The molecule has 1 aromatic rings. The summed E-state index contributed by atoms with van der Waals surface area (Å²) in [6.45, 7) is 1.98. The number of aromatic nitrogens is 1. The standard InChI is InChI=1S/C8H10N2O3/c1-2-10-6(11)4-3-5(9)7(10)8(12)13/h3-4H,2,9H2,1H3,(H,12,13). The highest BCUT2D eigenvalue weighted by atomic mass is 16.4. The van der Waals surface area contributed by atoms with Crippen molar-refractivity contribution in [3.63, 3.8) is 0 Å². The Morgan fingerprint density at radius 2 is 2.23 bits per heavy atom. The van der Waals surface area contributed by atoms with Crippen molar-refractivity contribution < 1.29 is 9.90 Å². The quantitative estimate of drug-likeness (QED) is 0.681. The van der Waals surface area contributed by atoms with Crippen LogP contribution in [0.15, 0.2) is 16.9 Å². The monoisotopic (exact) mass is 182 g/mol. The minimum Gasteiger partial charge on any atom is -0.477 e. The first-order valence-corrected chi connectivity index (χ1v) is 3.80. The van der Waals surface area contributed by atoms with Crippen LogP contribution in [0.2, 0.25) is 0 Å². The van der Waals surface area contributed by atoms with E-state index in [2.05, 4.69) is 0 Å². The maximum absolute atomic E-state index is 11.2. The highest BCUT2D eigenvalue weighted by Crippen LogP contribution is 2.07. The summed E-state index contributed by atoms with van der Waals surface area (Å²) in [5.41, 5.74) is 5.04. The largest absolute Gasteiger partial charge is 0.477 e. The molecular weight excluding hydrogens is 172 g/mol. The van der Waals surface area contributed by atoms with Gasteiger partial charge in [-0.05, 0) is 13.0 Å². The van der Waals surface area contributed by atoms with Gasteiger partial charge in [-0.15, -0.1) is 0 Å². The smallest absolute Gasteiger partial charge is 0.354 e. The molecule has 0 spiro atoms. The highest BCUT2D eigenvalue weighted by Gasteiger charge is 2.13. The van der Waals surface area contributed by atoms with Gasteiger partial charge in [0.1, 0.15) is 0 Å². The van der Waals surface area contributed by atoms with Crippen molar-refractivity contribution in [1.29, 1.82) is 0 Å². The third-order valence-corrected chi connectivity index (χ3v) is 1.73. The van der Waals surface area contributed by atoms with Crippen molar-refractivity contribution in [3.05, 3.63) is 28.2 Å². The predicted octanol–water partition coefficient (Wildman–Crippen LogP) is 0.149. The minimum absolute atomic E-state index is 0.106. The number of carboxylic acid groups (broad SMARTS) is 1. The maximum Gasteiger partial charge on any atom is 0.354 e. The third kappa shape index (κ3) is 1.53. The van der Waals surface area contributed by atoms with E-state index in [1.807, 2.05) is 0 Å². The van der Waals surface area contributed by atoms with Crippen molar-refractivity contribution in [2.45, 2.75) is 13.5 Å². The van der Waals surface area contributed by atoms with Crippen LogP contribution in [0.25, 0.3) is 0 Å². The molecule has 0 saturated heterocycles. The molecule has 0 unspecified atom stereocenters. The summed E-state index contributed by atoms with van der Waals surface area (Å²) >= 11 is 0. The molecule has 1 rings (SSSR count). The van der Waals surface area contributed by atoms with Crippen LogP contribution >= 0.6 is 0 Å². The Kier molecular flexibility index (Phi) is 2.36. The zero-order valence-electron chi connectivity index (χ0n) is 7.15. The number of pyridine rings is 1. The number of carboxylic acids is 1. The summed E-state index contributed by atoms with van der Waals surface area (Å²) < 4.78 is 1.12. The fourth-order valence-electron chi connectivity index (χ4n) is 1.15. The number of nitrogens with two attached hydrogens (primary N) is 1. The molecule has 1 aromatic heterocycles. The van der Waals surface area contributed by atoms with Gasteiger partial charge in [-0.1, -0.05) is 0 Å². The van der Waals surface area contributed by atoms with Gasteiger partial charge in [0, 0.05) is 12.6 Å². The Hall–Kier alpha value is -1.78. The third-order valence-electron chi connectivity index (χ3n) is 1.73. The fourth-order valence-corrected chi connectivity index (χ4v) is 1.15. The molecule has 0 aliphatic carbocycles. The average Bonchev–Trinajstić information content (AvgIpc) is 2.07. The summed E-state index contributed by atoms with van der Waals surface area (Å²) in [6.07, 6.45) is 0. The predicted molar refractivity (Wildman–Crippen MR) is 47.7 cm³/mol. The lowest BCUT2D eigenvalue weighted by molar-refractivity contribution is 0.0685. The van der Waals surface area contributed by atoms with Crippen LogP contribution in [-0.2, 0) is 6.54 Å². The van der Waals surface area contributed by atoms with Gasteiger partial charge in [-0.2, -0.15) is 0 Å². The van der Waals surface area contributed by atoms with Crippen molar-refractivity contribution in [2.24, 2.45) is 0 Å². The number of rotatable bonds is 2. The molecule has 1 heterocycles. The second-order valence-corrected chi connectivity index (χ2v) is 2.52. The van der Waals surface area contributed by atoms with Gasteiger partial charge in [0.2, 0.25) is 0 Å². The van der Waals surface area contributed by atoms with E-state index in [0.717, 1.165) is 4.57 Å². The number of anilines is 1. The Balaban J connectivity index is 3.53. The van der Waals surface area contributed by atoms with Gasteiger partial charge in [0.25, 0.3) is 5.56 Å². The summed E-state index contributed by atoms with van der Waals surface area (Å²) in [4.78, 5) is 21.9. The summed E-state index contributed by atoms with van der Waals surface area (Å²) in [5.74, 6) is -1.18. The molecule has 0 bridgehead atoms. The number of aromatic carboxylic acids is 1. The molecule has 0 aliphatic rings. The van der Waals surface area contributed by atoms with Crippen molar-refractivity contribution in [3.8, 4) is 0 Å². The Morgan fingerprint density at radius 1 is 1.62 bits per heavy atom. The van der Waals surface area contributed by atoms with E-state index in [-0.39, 0.29) is 16.9 Å². The fraction of sp³-hybridized carbons (Fsp3) is 0.250. The molecule has 3 N–H and O–H groups in total. The van der Waals surface area contributed by atoms with E-state index in [1.165, 1.54) is 12.1 Å². The lowest BCUT2D eigenvalue weighted by Gasteiger charge is -2.08. The van der Waals surface area contributed by atoms with Gasteiger partial charge in [0.15, 0.2) is 5.69 Å². The molecule has 5 nitrogen and oxygen atoms in total. The van der Waals surface area contributed by atoms with Gasteiger partial charge >= 0.3 is 5.97 Å². The topological polar surface area (TPSA) is 85.3 Å². The van der Waals surface area contributed by atoms with Crippen LogP contribution in [0.3, 0.4) is 0 Å². The molecular formula is C8H10N2O3. The van der Waals surface area contributed by atoms with E-state index in [4.69, 9.17) is 10.8 Å². The Labute approximate surface area is 74.4 Å². The highest BCUT2D eigenvalue weighted by molar-refractivity contribution is 5.91. The van der Waals surface area contributed by atoms with Crippen LogP contribution < -0.4 is 11.3 Å². The van der Waals surface area contributed by atoms with E-state index in [1.54, 1.807) is 6.92 Å². The van der Waals surface area contributed by atoms with E-state index in [9.17, 15) is 9.59 Å². The molecule has 0 radical (unpaired) electrons. The molecule has 13 heavy (non-hydrogen) atoms. The van der Waals surface area contributed by atoms with Gasteiger partial charge in [-0.25, -0.2) is 4.79 Å². The van der Waals surface area contributed by atoms with E-state index >= 15 is 0 Å². The van der Waals surface area contributed by atoms with Gasteiger partial charge in [-0.3, -0.25) is 4.79 Å². The van der Waals surface area contributed by atoms with E-state index < -0.39 is 5.97 Å². The first-order valence-electron chi connectivity index (χ1n) is 3.80. The average molecular weight is 182 g/mol.